The van der Waals surface area contributed by atoms with Gasteiger partial charge in [-0.05, 0) is 31.7 Å². The first-order chi connectivity index (χ1) is 6.55. The first-order valence-corrected chi connectivity index (χ1v) is 5.35. The number of halogens is 3. The fraction of sp³-hybridized carbons (Fsp3) is 1.00. The Labute approximate surface area is 83.1 Å². The number of hydrogen-bond donors (Lipinski definition) is 1. The van der Waals surface area contributed by atoms with Crippen molar-refractivity contribution in [3.8, 4) is 0 Å². The van der Waals surface area contributed by atoms with E-state index in [2.05, 4.69) is 5.32 Å². The molecule has 1 unspecified atom stereocenters. The molecule has 4 heteroatoms. The van der Waals surface area contributed by atoms with Gasteiger partial charge in [0.2, 0.25) is 0 Å². The summed E-state index contributed by atoms with van der Waals surface area (Å²) in [5.41, 5.74) is 0. The van der Waals surface area contributed by atoms with Crippen LogP contribution in [0.25, 0.3) is 0 Å². The molecule has 1 nitrogen and oxygen atoms in total. The third-order valence-corrected chi connectivity index (χ3v) is 2.84. The van der Waals surface area contributed by atoms with Gasteiger partial charge in [-0.3, -0.25) is 0 Å². The molecule has 1 saturated carbocycles. The van der Waals surface area contributed by atoms with Gasteiger partial charge in [0.25, 0.3) is 0 Å². The zero-order chi connectivity index (χ0) is 10.6. The van der Waals surface area contributed by atoms with Gasteiger partial charge in [0.05, 0.1) is 0 Å². The van der Waals surface area contributed by atoms with Crippen molar-refractivity contribution < 1.29 is 13.2 Å². The Balaban J connectivity index is 2.51. The number of hydrogen-bond acceptors (Lipinski definition) is 1. The standard InChI is InChI=1S/C10H18F3N/c1-2-7-14-9(10(11,12)13)8-5-3-4-6-8/h8-9,14H,2-7H2,1H3. The summed E-state index contributed by atoms with van der Waals surface area (Å²) >= 11 is 0. The second-order valence-electron chi connectivity index (χ2n) is 4.02. The minimum atomic E-state index is -4.08. The molecule has 14 heavy (non-hydrogen) atoms. The minimum Gasteiger partial charge on any atom is -0.306 e. The van der Waals surface area contributed by atoms with Gasteiger partial charge in [0, 0.05) is 0 Å². The van der Waals surface area contributed by atoms with Gasteiger partial charge in [-0.15, -0.1) is 0 Å². The van der Waals surface area contributed by atoms with Crippen LogP contribution in [-0.2, 0) is 0 Å². The van der Waals surface area contributed by atoms with E-state index in [9.17, 15) is 13.2 Å². The molecule has 84 valence electrons. The van der Waals surface area contributed by atoms with Crippen molar-refractivity contribution in [2.24, 2.45) is 5.92 Å². The summed E-state index contributed by atoms with van der Waals surface area (Å²) in [6.45, 7) is 2.34. The highest BCUT2D eigenvalue weighted by molar-refractivity contribution is 4.85. The number of nitrogens with one attached hydrogen (secondary N) is 1. The number of rotatable bonds is 4. The van der Waals surface area contributed by atoms with Crippen LogP contribution < -0.4 is 5.32 Å². The largest absolute Gasteiger partial charge is 0.404 e. The lowest BCUT2D eigenvalue weighted by Crippen LogP contribution is -2.47. The van der Waals surface area contributed by atoms with E-state index >= 15 is 0 Å². The third-order valence-electron chi connectivity index (χ3n) is 2.84. The fourth-order valence-corrected chi connectivity index (χ4v) is 2.14. The van der Waals surface area contributed by atoms with Gasteiger partial charge in [0.1, 0.15) is 6.04 Å². The predicted octanol–water partition coefficient (Wildman–Crippen LogP) is 3.11. The van der Waals surface area contributed by atoms with Crippen molar-refractivity contribution in [3.05, 3.63) is 0 Å². The van der Waals surface area contributed by atoms with Crippen molar-refractivity contribution >= 4 is 0 Å². The van der Waals surface area contributed by atoms with Gasteiger partial charge < -0.3 is 5.32 Å². The van der Waals surface area contributed by atoms with E-state index < -0.39 is 12.2 Å². The zero-order valence-corrected chi connectivity index (χ0v) is 8.53. The van der Waals surface area contributed by atoms with Gasteiger partial charge in [-0.25, -0.2) is 0 Å². The highest BCUT2D eigenvalue weighted by atomic mass is 19.4. The van der Waals surface area contributed by atoms with Crippen LogP contribution in [0.4, 0.5) is 13.2 Å². The molecule has 1 aliphatic carbocycles. The van der Waals surface area contributed by atoms with Gasteiger partial charge >= 0.3 is 6.18 Å². The molecule has 1 aliphatic rings. The Bertz CT molecular complexity index is 161. The smallest absolute Gasteiger partial charge is 0.306 e. The molecule has 0 heterocycles. The number of alkyl halides is 3. The normalized spacial score (nSPS) is 21.4. The van der Waals surface area contributed by atoms with E-state index in [0.717, 1.165) is 32.1 Å². The van der Waals surface area contributed by atoms with Gasteiger partial charge in [-0.1, -0.05) is 19.8 Å². The molecule has 1 rings (SSSR count). The van der Waals surface area contributed by atoms with Crippen molar-refractivity contribution in [3.63, 3.8) is 0 Å². The van der Waals surface area contributed by atoms with E-state index in [1.807, 2.05) is 6.92 Å². The quantitative estimate of drug-likeness (QED) is 0.750. The first-order valence-electron chi connectivity index (χ1n) is 5.35. The Morgan fingerprint density at radius 1 is 1.29 bits per heavy atom. The van der Waals surface area contributed by atoms with E-state index in [1.54, 1.807) is 0 Å². The molecule has 0 aromatic rings. The van der Waals surface area contributed by atoms with Crippen LogP contribution in [0.15, 0.2) is 0 Å². The van der Waals surface area contributed by atoms with Crippen molar-refractivity contribution in [1.82, 2.24) is 5.32 Å². The van der Waals surface area contributed by atoms with Gasteiger partial charge in [0.15, 0.2) is 0 Å². The maximum absolute atomic E-state index is 12.6. The molecule has 1 atom stereocenters. The average molecular weight is 209 g/mol. The molecular weight excluding hydrogens is 191 g/mol. The van der Waals surface area contributed by atoms with E-state index in [1.165, 1.54) is 0 Å². The summed E-state index contributed by atoms with van der Waals surface area (Å²) in [5.74, 6) is -0.193. The van der Waals surface area contributed by atoms with Crippen LogP contribution >= 0.6 is 0 Å². The lowest BCUT2D eigenvalue weighted by molar-refractivity contribution is -0.167. The molecule has 0 radical (unpaired) electrons. The van der Waals surface area contributed by atoms with Crippen molar-refractivity contribution in [2.75, 3.05) is 6.54 Å². The summed E-state index contributed by atoms with van der Waals surface area (Å²) < 4.78 is 37.9. The summed E-state index contributed by atoms with van der Waals surface area (Å²) in [4.78, 5) is 0. The third kappa shape index (κ3) is 3.15. The molecule has 0 amide bonds. The SMILES string of the molecule is CCCNC(C1CCCC1)C(F)(F)F. The molecule has 1 N–H and O–H groups in total. The van der Waals surface area contributed by atoms with E-state index in [0.29, 0.717) is 6.54 Å². The molecule has 0 spiro atoms. The van der Waals surface area contributed by atoms with Crippen LogP contribution in [0.5, 0.6) is 0 Å². The van der Waals surface area contributed by atoms with E-state index in [-0.39, 0.29) is 5.92 Å². The highest BCUT2D eigenvalue weighted by Crippen LogP contribution is 2.35. The molecule has 0 saturated heterocycles. The predicted molar refractivity (Wildman–Crippen MR) is 50.1 cm³/mol. The maximum Gasteiger partial charge on any atom is 0.404 e. The minimum absolute atomic E-state index is 0.193. The molecule has 0 aromatic carbocycles. The molecular formula is C10H18F3N. The Kier molecular flexibility index (Phi) is 4.23. The van der Waals surface area contributed by atoms with Crippen LogP contribution in [0.2, 0.25) is 0 Å². The Morgan fingerprint density at radius 2 is 1.86 bits per heavy atom. The second kappa shape index (κ2) is 5.01. The zero-order valence-electron chi connectivity index (χ0n) is 8.53. The molecule has 0 aromatic heterocycles. The van der Waals surface area contributed by atoms with Crippen LogP contribution in [-0.4, -0.2) is 18.8 Å². The average Bonchev–Trinajstić information content (AvgIpc) is 2.55. The highest BCUT2D eigenvalue weighted by Gasteiger charge is 2.44. The van der Waals surface area contributed by atoms with E-state index in [4.69, 9.17) is 0 Å². The monoisotopic (exact) mass is 209 g/mol. The Morgan fingerprint density at radius 3 is 2.29 bits per heavy atom. The summed E-state index contributed by atoms with van der Waals surface area (Å²) in [5, 5.41) is 2.63. The van der Waals surface area contributed by atoms with Crippen LogP contribution in [0.3, 0.4) is 0 Å². The molecule has 0 aliphatic heterocycles. The maximum atomic E-state index is 12.6. The summed E-state index contributed by atoms with van der Waals surface area (Å²) in [6, 6.07) is -1.27. The fourth-order valence-electron chi connectivity index (χ4n) is 2.14. The van der Waals surface area contributed by atoms with Crippen LogP contribution in [0, 0.1) is 5.92 Å². The van der Waals surface area contributed by atoms with Crippen molar-refractivity contribution in [2.45, 2.75) is 51.2 Å². The lowest BCUT2D eigenvalue weighted by Gasteiger charge is -2.26. The topological polar surface area (TPSA) is 12.0 Å². The van der Waals surface area contributed by atoms with Crippen molar-refractivity contribution in [1.29, 1.82) is 0 Å². The van der Waals surface area contributed by atoms with Crippen LogP contribution in [0.1, 0.15) is 39.0 Å². The second-order valence-corrected chi connectivity index (χ2v) is 4.02. The molecule has 0 bridgehead atoms. The summed E-state index contributed by atoms with van der Waals surface area (Å²) in [6.07, 6.45) is 0.0152. The Hall–Kier alpha value is -0.250. The summed E-state index contributed by atoms with van der Waals surface area (Å²) in [7, 11) is 0. The lowest BCUT2D eigenvalue weighted by atomic mass is 9.97. The first kappa shape index (κ1) is 11.8. The molecule has 1 fully saturated rings. The van der Waals surface area contributed by atoms with Gasteiger partial charge in [-0.2, -0.15) is 13.2 Å².